The maximum Gasteiger partial charge on any atom is 0.272 e. The average molecular weight is 331 g/mol. The molecule has 6 heteroatoms. The molecule has 1 aromatic heterocycles. The van der Waals surface area contributed by atoms with Gasteiger partial charge in [-0.1, -0.05) is 25.5 Å². The molecule has 0 radical (unpaired) electrons. The summed E-state index contributed by atoms with van der Waals surface area (Å²) < 4.78 is 1.59. The average Bonchev–Trinajstić information content (AvgIpc) is 2.92. The Morgan fingerprint density at radius 1 is 1.33 bits per heavy atom. The second kappa shape index (κ2) is 7.97. The number of amides is 1. The van der Waals surface area contributed by atoms with Crippen molar-refractivity contribution in [2.45, 2.75) is 32.8 Å². The first-order chi connectivity index (χ1) is 11.5. The SMILES string of the molecule is CCCc1cc(C(=O)N(CC)CC(O)c2cccc(O)c2)n(C)n1. The smallest absolute Gasteiger partial charge is 0.272 e. The minimum absolute atomic E-state index is 0.0942. The fraction of sp³-hybridized carbons (Fsp3) is 0.444. The Morgan fingerprint density at radius 3 is 2.71 bits per heavy atom. The van der Waals surface area contributed by atoms with E-state index >= 15 is 0 Å². The van der Waals surface area contributed by atoms with Crippen molar-refractivity contribution < 1.29 is 15.0 Å². The molecule has 0 aliphatic rings. The number of aliphatic hydroxyl groups excluding tert-OH is 1. The highest BCUT2D eigenvalue weighted by atomic mass is 16.3. The van der Waals surface area contributed by atoms with Crippen LogP contribution in [-0.2, 0) is 13.5 Å². The molecule has 130 valence electrons. The third kappa shape index (κ3) is 4.14. The molecular formula is C18H25N3O3. The van der Waals surface area contributed by atoms with E-state index in [0.29, 0.717) is 17.8 Å². The Balaban J connectivity index is 2.14. The molecule has 2 rings (SSSR count). The van der Waals surface area contributed by atoms with Gasteiger partial charge >= 0.3 is 0 Å². The molecule has 1 unspecified atom stereocenters. The predicted octanol–water partition coefficient (Wildman–Crippen LogP) is 2.27. The number of benzene rings is 1. The molecule has 0 spiro atoms. The van der Waals surface area contributed by atoms with E-state index in [1.807, 2.05) is 13.0 Å². The van der Waals surface area contributed by atoms with E-state index in [0.717, 1.165) is 18.5 Å². The first kappa shape index (κ1) is 18.0. The lowest BCUT2D eigenvalue weighted by atomic mass is 10.1. The highest BCUT2D eigenvalue weighted by molar-refractivity contribution is 5.92. The van der Waals surface area contributed by atoms with E-state index in [4.69, 9.17) is 0 Å². The predicted molar refractivity (Wildman–Crippen MR) is 91.8 cm³/mol. The molecule has 1 heterocycles. The van der Waals surface area contributed by atoms with Crippen LogP contribution in [0.15, 0.2) is 30.3 Å². The number of aliphatic hydroxyl groups is 1. The van der Waals surface area contributed by atoms with E-state index in [1.54, 1.807) is 34.8 Å². The van der Waals surface area contributed by atoms with E-state index in [1.165, 1.54) is 6.07 Å². The van der Waals surface area contributed by atoms with Gasteiger partial charge in [0, 0.05) is 13.6 Å². The molecule has 0 saturated carbocycles. The van der Waals surface area contributed by atoms with Crippen molar-refractivity contribution in [2.75, 3.05) is 13.1 Å². The number of phenolic OH excluding ortho intramolecular Hbond substituents is 1. The van der Waals surface area contributed by atoms with Crippen molar-refractivity contribution >= 4 is 5.91 Å². The van der Waals surface area contributed by atoms with Gasteiger partial charge in [0.2, 0.25) is 0 Å². The van der Waals surface area contributed by atoms with Crippen LogP contribution in [0.1, 0.15) is 48.1 Å². The third-order valence-electron chi connectivity index (χ3n) is 3.97. The van der Waals surface area contributed by atoms with Gasteiger partial charge in [-0.2, -0.15) is 5.10 Å². The topological polar surface area (TPSA) is 78.6 Å². The van der Waals surface area contributed by atoms with Crippen molar-refractivity contribution in [1.29, 1.82) is 0 Å². The second-order valence-electron chi connectivity index (χ2n) is 5.85. The summed E-state index contributed by atoms with van der Waals surface area (Å²) in [5, 5.41) is 24.3. The largest absolute Gasteiger partial charge is 0.508 e. The van der Waals surface area contributed by atoms with E-state index in [2.05, 4.69) is 12.0 Å². The minimum Gasteiger partial charge on any atom is -0.508 e. The number of aromatic hydroxyl groups is 1. The number of carbonyl (C=O) groups excluding carboxylic acids is 1. The zero-order valence-corrected chi connectivity index (χ0v) is 14.4. The van der Waals surface area contributed by atoms with Gasteiger partial charge < -0.3 is 15.1 Å². The van der Waals surface area contributed by atoms with Gasteiger partial charge in [-0.3, -0.25) is 9.48 Å². The van der Waals surface area contributed by atoms with Crippen molar-refractivity contribution in [3.05, 3.63) is 47.3 Å². The normalized spacial score (nSPS) is 12.2. The first-order valence-corrected chi connectivity index (χ1v) is 8.25. The van der Waals surface area contributed by atoms with Crippen LogP contribution in [0.2, 0.25) is 0 Å². The number of rotatable bonds is 7. The summed E-state index contributed by atoms with van der Waals surface area (Å²) in [7, 11) is 1.76. The zero-order valence-electron chi connectivity index (χ0n) is 14.4. The van der Waals surface area contributed by atoms with Crippen LogP contribution in [0.25, 0.3) is 0 Å². The Hall–Kier alpha value is -2.34. The number of nitrogens with zero attached hydrogens (tertiary/aromatic N) is 3. The van der Waals surface area contributed by atoms with Crippen molar-refractivity contribution in [3.63, 3.8) is 0 Å². The Labute approximate surface area is 142 Å². The lowest BCUT2D eigenvalue weighted by Crippen LogP contribution is -2.35. The number of hydrogen-bond acceptors (Lipinski definition) is 4. The first-order valence-electron chi connectivity index (χ1n) is 8.25. The molecular weight excluding hydrogens is 306 g/mol. The minimum atomic E-state index is -0.857. The molecule has 0 bridgehead atoms. The number of likely N-dealkylation sites (N-methyl/N-ethyl adjacent to an activating group) is 1. The molecule has 1 aromatic carbocycles. The highest BCUT2D eigenvalue weighted by Crippen LogP contribution is 2.20. The molecule has 1 amide bonds. The van der Waals surface area contributed by atoms with Crippen molar-refractivity contribution in [1.82, 2.24) is 14.7 Å². The molecule has 1 atom stereocenters. The quantitative estimate of drug-likeness (QED) is 0.816. The molecule has 2 N–H and O–H groups in total. The van der Waals surface area contributed by atoms with Gasteiger partial charge in [0.1, 0.15) is 11.4 Å². The van der Waals surface area contributed by atoms with E-state index in [9.17, 15) is 15.0 Å². The zero-order chi connectivity index (χ0) is 17.7. The van der Waals surface area contributed by atoms with Gasteiger partial charge in [0.05, 0.1) is 18.3 Å². The van der Waals surface area contributed by atoms with Crippen LogP contribution >= 0.6 is 0 Å². The lowest BCUT2D eigenvalue weighted by Gasteiger charge is -2.24. The number of phenols is 1. The maximum absolute atomic E-state index is 12.8. The summed E-state index contributed by atoms with van der Waals surface area (Å²) in [6, 6.07) is 8.27. The van der Waals surface area contributed by atoms with Gasteiger partial charge in [0.25, 0.3) is 5.91 Å². The summed E-state index contributed by atoms with van der Waals surface area (Å²) in [6.45, 7) is 4.58. The number of carbonyl (C=O) groups is 1. The van der Waals surface area contributed by atoms with Crippen molar-refractivity contribution in [2.24, 2.45) is 7.05 Å². The monoisotopic (exact) mass is 331 g/mol. The fourth-order valence-electron chi connectivity index (χ4n) is 2.67. The van der Waals surface area contributed by atoms with Crippen LogP contribution in [0.4, 0.5) is 0 Å². The highest BCUT2D eigenvalue weighted by Gasteiger charge is 2.22. The fourth-order valence-corrected chi connectivity index (χ4v) is 2.67. The number of hydrogen-bond donors (Lipinski definition) is 2. The third-order valence-corrected chi connectivity index (χ3v) is 3.97. The molecule has 24 heavy (non-hydrogen) atoms. The Kier molecular flexibility index (Phi) is 5.98. The Bertz CT molecular complexity index is 697. The van der Waals surface area contributed by atoms with Crippen LogP contribution < -0.4 is 0 Å². The molecule has 2 aromatic rings. The molecule has 0 saturated heterocycles. The van der Waals surface area contributed by atoms with E-state index in [-0.39, 0.29) is 18.2 Å². The van der Waals surface area contributed by atoms with Crippen molar-refractivity contribution in [3.8, 4) is 5.75 Å². The number of aryl methyl sites for hydroxylation is 2. The summed E-state index contributed by atoms with van der Waals surface area (Å²) in [4.78, 5) is 14.3. The van der Waals surface area contributed by atoms with Crippen LogP contribution in [0, 0.1) is 0 Å². The van der Waals surface area contributed by atoms with Gasteiger partial charge in [0.15, 0.2) is 0 Å². The van der Waals surface area contributed by atoms with Crippen LogP contribution in [-0.4, -0.2) is 43.9 Å². The summed E-state index contributed by atoms with van der Waals surface area (Å²) >= 11 is 0. The molecule has 6 nitrogen and oxygen atoms in total. The van der Waals surface area contributed by atoms with Crippen LogP contribution in [0.3, 0.4) is 0 Å². The molecule has 0 aliphatic heterocycles. The Morgan fingerprint density at radius 2 is 2.08 bits per heavy atom. The molecule has 0 fully saturated rings. The van der Waals surface area contributed by atoms with Gasteiger partial charge in [-0.25, -0.2) is 0 Å². The van der Waals surface area contributed by atoms with Gasteiger partial charge in [-0.15, -0.1) is 0 Å². The lowest BCUT2D eigenvalue weighted by molar-refractivity contribution is 0.0624. The molecule has 0 aliphatic carbocycles. The van der Waals surface area contributed by atoms with E-state index < -0.39 is 6.10 Å². The van der Waals surface area contributed by atoms with Gasteiger partial charge in [-0.05, 0) is 37.1 Å². The number of aromatic nitrogens is 2. The summed E-state index contributed by atoms with van der Waals surface area (Å²) in [5.41, 5.74) is 1.99. The van der Waals surface area contributed by atoms with Crippen LogP contribution in [0.5, 0.6) is 5.75 Å². The second-order valence-corrected chi connectivity index (χ2v) is 5.85. The summed E-state index contributed by atoms with van der Waals surface area (Å²) in [5.74, 6) is -0.0641. The standard InChI is InChI=1S/C18H25N3O3/c1-4-7-14-11-16(20(3)19-14)18(24)21(5-2)12-17(23)13-8-6-9-15(22)10-13/h6,8-11,17,22-23H,4-5,7,12H2,1-3H3. The maximum atomic E-state index is 12.8. The summed E-state index contributed by atoms with van der Waals surface area (Å²) in [6.07, 6.45) is 0.946.